The van der Waals surface area contributed by atoms with Crippen LogP contribution in [0.2, 0.25) is 0 Å². The standard InChI is InChI=1S/C15H20N2O/c1-10-7-14(15(2,3)9-16)17-13-6-5-11(18-4)8-12(10)13/h5-8H,9,16H2,1-4H3. The zero-order valence-electron chi connectivity index (χ0n) is 11.4. The van der Waals surface area contributed by atoms with E-state index in [9.17, 15) is 0 Å². The SMILES string of the molecule is COc1ccc2nc(C(C)(C)CN)cc(C)c2c1. The van der Waals surface area contributed by atoms with Gasteiger partial charge in [0.25, 0.3) is 0 Å². The van der Waals surface area contributed by atoms with E-state index >= 15 is 0 Å². The van der Waals surface area contributed by atoms with Crippen molar-refractivity contribution in [1.29, 1.82) is 0 Å². The Morgan fingerprint density at radius 2 is 2.00 bits per heavy atom. The normalized spacial score (nSPS) is 11.8. The molecule has 0 bridgehead atoms. The lowest BCUT2D eigenvalue weighted by molar-refractivity contribution is 0.415. The summed E-state index contributed by atoms with van der Waals surface area (Å²) in [7, 11) is 1.68. The maximum Gasteiger partial charge on any atom is 0.119 e. The monoisotopic (exact) mass is 244 g/mol. The highest BCUT2D eigenvalue weighted by molar-refractivity contribution is 5.83. The van der Waals surface area contributed by atoms with Gasteiger partial charge in [-0.25, -0.2) is 0 Å². The number of ether oxygens (including phenoxy) is 1. The summed E-state index contributed by atoms with van der Waals surface area (Å²) in [4.78, 5) is 4.72. The van der Waals surface area contributed by atoms with E-state index in [1.807, 2.05) is 18.2 Å². The molecule has 0 aliphatic heterocycles. The lowest BCUT2D eigenvalue weighted by atomic mass is 9.87. The Hall–Kier alpha value is -1.61. The Kier molecular flexibility index (Phi) is 3.26. The maximum absolute atomic E-state index is 5.82. The van der Waals surface area contributed by atoms with E-state index in [2.05, 4.69) is 26.8 Å². The van der Waals surface area contributed by atoms with Crippen molar-refractivity contribution in [3.63, 3.8) is 0 Å². The lowest BCUT2D eigenvalue weighted by Gasteiger charge is -2.23. The molecule has 2 N–H and O–H groups in total. The number of rotatable bonds is 3. The second kappa shape index (κ2) is 4.58. The Bertz CT molecular complexity index is 576. The minimum atomic E-state index is -0.0983. The van der Waals surface area contributed by atoms with Crippen LogP contribution in [0.25, 0.3) is 10.9 Å². The Morgan fingerprint density at radius 1 is 1.28 bits per heavy atom. The number of nitrogens with zero attached hydrogens (tertiary/aromatic N) is 1. The summed E-state index contributed by atoms with van der Waals surface area (Å²) in [6.07, 6.45) is 0. The molecule has 96 valence electrons. The van der Waals surface area contributed by atoms with Gasteiger partial charge in [-0.15, -0.1) is 0 Å². The zero-order chi connectivity index (χ0) is 13.3. The Labute approximate surface area is 108 Å². The molecule has 1 aromatic heterocycles. The predicted octanol–water partition coefficient (Wildman–Crippen LogP) is 2.79. The molecular formula is C15H20N2O. The zero-order valence-corrected chi connectivity index (χ0v) is 11.4. The third-order valence-corrected chi connectivity index (χ3v) is 3.43. The van der Waals surface area contributed by atoms with Crippen LogP contribution in [0.4, 0.5) is 0 Å². The van der Waals surface area contributed by atoms with Crippen molar-refractivity contribution in [2.24, 2.45) is 5.73 Å². The number of aromatic nitrogens is 1. The molecule has 0 aliphatic carbocycles. The van der Waals surface area contributed by atoms with Crippen LogP contribution >= 0.6 is 0 Å². The minimum Gasteiger partial charge on any atom is -0.497 e. The topological polar surface area (TPSA) is 48.1 Å². The van der Waals surface area contributed by atoms with Crippen LogP contribution < -0.4 is 10.5 Å². The summed E-state index contributed by atoms with van der Waals surface area (Å²) in [5.74, 6) is 0.859. The van der Waals surface area contributed by atoms with Crippen molar-refractivity contribution in [1.82, 2.24) is 4.98 Å². The summed E-state index contributed by atoms with van der Waals surface area (Å²) in [5, 5.41) is 1.13. The van der Waals surface area contributed by atoms with Gasteiger partial charge in [0.2, 0.25) is 0 Å². The molecule has 0 spiro atoms. The first-order chi connectivity index (χ1) is 8.47. The van der Waals surface area contributed by atoms with Gasteiger partial charge < -0.3 is 10.5 Å². The molecule has 2 aromatic rings. The molecular weight excluding hydrogens is 224 g/mol. The van der Waals surface area contributed by atoms with Crippen molar-refractivity contribution >= 4 is 10.9 Å². The molecule has 0 radical (unpaired) electrons. The molecule has 0 atom stereocenters. The highest BCUT2D eigenvalue weighted by Gasteiger charge is 2.21. The highest BCUT2D eigenvalue weighted by atomic mass is 16.5. The third-order valence-electron chi connectivity index (χ3n) is 3.43. The molecule has 1 heterocycles. The van der Waals surface area contributed by atoms with Gasteiger partial charge >= 0.3 is 0 Å². The second-order valence-corrected chi connectivity index (χ2v) is 5.30. The molecule has 3 nitrogen and oxygen atoms in total. The van der Waals surface area contributed by atoms with Crippen molar-refractivity contribution in [2.45, 2.75) is 26.2 Å². The highest BCUT2D eigenvalue weighted by Crippen LogP contribution is 2.27. The summed E-state index contributed by atoms with van der Waals surface area (Å²) in [6, 6.07) is 8.08. The van der Waals surface area contributed by atoms with Crippen LogP contribution in [0.1, 0.15) is 25.1 Å². The van der Waals surface area contributed by atoms with E-state index in [-0.39, 0.29) is 5.41 Å². The van der Waals surface area contributed by atoms with Crippen LogP contribution in [0.3, 0.4) is 0 Å². The first-order valence-electron chi connectivity index (χ1n) is 6.14. The molecule has 3 heteroatoms. The van der Waals surface area contributed by atoms with Gasteiger partial charge in [0.1, 0.15) is 5.75 Å². The molecule has 0 amide bonds. The largest absolute Gasteiger partial charge is 0.497 e. The molecule has 18 heavy (non-hydrogen) atoms. The number of hydrogen-bond acceptors (Lipinski definition) is 3. The summed E-state index contributed by atoms with van der Waals surface area (Å²) < 4.78 is 5.25. The number of methoxy groups -OCH3 is 1. The van der Waals surface area contributed by atoms with Crippen molar-refractivity contribution in [3.8, 4) is 5.75 Å². The van der Waals surface area contributed by atoms with Crippen molar-refractivity contribution < 1.29 is 4.74 Å². The fourth-order valence-corrected chi connectivity index (χ4v) is 1.95. The fraction of sp³-hybridized carbons (Fsp3) is 0.400. The van der Waals surface area contributed by atoms with E-state index in [1.54, 1.807) is 7.11 Å². The number of fused-ring (bicyclic) bond motifs is 1. The number of pyridine rings is 1. The molecule has 2 rings (SSSR count). The molecule has 0 fully saturated rings. The Morgan fingerprint density at radius 3 is 2.61 bits per heavy atom. The quantitative estimate of drug-likeness (QED) is 0.903. The summed E-state index contributed by atoms with van der Waals surface area (Å²) in [5.41, 5.74) is 8.96. The molecule has 0 saturated heterocycles. The van der Waals surface area contributed by atoms with Gasteiger partial charge in [0, 0.05) is 23.0 Å². The third kappa shape index (κ3) is 2.18. The average molecular weight is 244 g/mol. The van der Waals surface area contributed by atoms with Crippen LogP contribution in [0.5, 0.6) is 5.75 Å². The first-order valence-corrected chi connectivity index (χ1v) is 6.14. The molecule has 0 aliphatic rings. The average Bonchev–Trinajstić information content (AvgIpc) is 2.38. The number of hydrogen-bond donors (Lipinski definition) is 1. The van der Waals surface area contributed by atoms with E-state index in [0.29, 0.717) is 6.54 Å². The van der Waals surface area contributed by atoms with Gasteiger partial charge in [-0.05, 0) is 36.8 Å². The van der Waals surface area contributed by atoms with Gasteiger partial charge in [-0.2, -0.15) is 0 Å². The van der Waals surface area contributed by atoms with Crippen molar-refractivity contribution in [2.75, 3.05) is 13.7 Å². The maximum atomic E-state index is 5.82. The van der Waals surface area contributed by atoms with Crippen LogP contribution in [-0.4, -0.2) is 18.6 Å². The van der Waals surface area contributed by atoms with Gasteiger partial charge in [-0.3, -0.25) is 4.98 Å². The summed E-state index contributed by atoms with van der Waals surface area (Å²) >= 11 is 0. The second-order valence-electron chi connectivity index (χ2n) is 5.30. The summed E-state index contributed by atoms with van der Waals surface area (Å²) in [6.45, 7) is 6.91. The number of aryl methyl sites for hydroxylation is 1. The van der Waals surface area contributed by atoms with Crippen LogP contribution in [0.15, 0.2) is 24.3 Å². The number of nitrogens with two attached hydrogens (primary N) is 1. The lowest BCUT2D eigenvalue weighted by Crippen LogP contribution is -2.29. The van der Waals surface area contributed by atoms with E-state index in [1.165, 1.54) is 5.56 Å². The molecule has 0 saturated carbocycles. The van der Waals surface area contributed by atoms with Crippen molar-refractivity contribution in [3.05, 3.63) is 35.5 Å². The predicted molar refractivity (Wildman–Crippen MR) is 75.1 cm³/mol. The minimum absolute atomic E-state index is 0.0983. The molecule has 1 aromatic carbocycles. The molecule has 0 unspecified atom stereocenters. The van der Waals surface area contributed by atoms with E-state index in [0.717, 1.165) is 22.3 Å². The van der Waals surface area contributed by atoms with Crippen LogP contribution in [0, 0.1) is 6.92 Å². The van der Waals surface area contributed by atoms with Gasteiger partial charge in [0.15, 0.2) is 0 Å². The van der Waals surface area contributed by atoms with Crippen LogP contribution in [-0.2, 0) is 5.41 Å². The van der Waals surface area contributed by atoms with Gasteiger partial charge in [0.05, 0.1) is 12.6 Å². The van der Waals surface area contributed by atoms with E-state index in [4.69, 9.17) is 15.5 Å². The van der Waals surface area contributed by atoms with Gasteiger partial charge in [-0.1, -0.05) is 13.8 Å². The fourth-order valence-electron chi connectivity index (χ4n) is 1.95. The smallest absolute Gasteiger partial charge is 0.119 e. The Balaban J connectivity index is 2.64. The number of benzene rings is 1. The van der Waals surface area contributed by atoms with E-state index < -0.39 is 0 Å². The first kappa shape index (κ1) is 12.8.